The number of hydrogen-bond donors (Lipinski definition) is 1. The minimum atomic E-state index is -0.405. The molecule has 3 aromatic carbocycles. The lowest BCUT2D eigenvalue weighted by atomic mass is 9.97. The van der Waals surface area contributed by atoms with Crippen molar-refractivity contribution < 1.29 is 19.1 Å². The van der Waals surface area contributed by atoms with Gasteiger partial charge in [-0.3, -0.25) is 9.59 Å². The second kappa shape index (κ2) is 8.37. The van der Waals surface area contributed by atoms with E-state index in [2.05, 4.69) is 5.32 Å². The summed E-state index contributed by atoms with van der Waals surface area (Å²) in [6.45, 7) is 8.81. The Kier molecular flexibility index (Phi) is 5.36. The Bertz CT molecular complexity index is 1370. The molecule has 3 aromatic rings. The molecule has 0 bridgehead atoms. The third kappa shape index (κ3) is 3.71. The largest absolute Gasteiger partial charge is 0.486 e. The van der Waals surface area contributed by atoms with Gasteiger partial charge in [-0.15, -0.1) is 0 Å². The molecule has 0 saturated carbocycles. The van der Waals surface area contributed by atoms with Crippen LogP contribution in [0.5, 0.6) is 11.5 Å². The summed E-state index contributed by atoms with van der Waals surface area (Å²) >= 11 is 0. The molecule has 2 aliphatic rings. The van der Waals surface area contributed by atoms with Crippen molar-refractivity contribution in [1.82, 2.24) is 0 Å². The number of aryl methyl sites for hydroxylation is 4. The molecular weight excluding hydrogens is 428 g/mol. The highest BCUT2D eigenvalue weighted by Gasteiger charge is 2.41. The van der Waals surface area contributed by atoms with E-state index in [1.165, 1.54) is 4.90 Å². The fraction of sp³-hybridized carbons (Fsp3) is 0.214. The van der Waals surface area contributed by atoms with Crippen molar-refractivity contribution in [1.29, 1.82) is 0 Å². The van der Waals surface area contributed by atoms with Gasteiger partial charge in [0.2, 0.25) is 0 Å². The molecule has 1 N–H and O–H groups in total. The summed E-state index contributed by atoms with van der Waals surface area (Å²) < 4.78 is 11.3. The van der Waals surface area contributed by atoms with Crippen LogP contribution in [-0.2, 0) is 9.59 Å². The van der Waals surface area contributed by atoms with Crippen LogP contribution in [0.15, 0.2) is 60.3 Å². The highest BCUT2D eigenvalue weighted by molar-refractivity contribution is 6.46. The number of nitrogens with zero attached hydrogens (tertiary/aromatic N) is 1. The molecule has 34 heavy (non-hydrogen) atoms. The minimum Gasteiger partial charge on any atom is -0.486 e. The van der Waals surface area contributed by atoms with E-state index in [1.54, 1.807) is 18.2 Å². The first-order valence-corrected chi connectivity index (χ1v) is 11.3. The van der Waals surface area contributed by atoms with Crippen molar-refractivity contribution in [2.45, 2.75) is 27.7 Å². The molecule has 0 saturated heterocycles. The van der Waals surface area contributed by atoms with Crippen LogP contribution in [0.3, 0.4) is 0 Å². The van der Waals surface area contributed by atoms with Crippen molar-refractivity contribution >= 4 is 28.8 Å². The number of carbonyl (C=O) groups excluding carboxylic acids is 2. The van der Waals surface area contributed by atoms with Gasteiger partial charge in [0.05, 0.1) is 11.3 Å². The summed E-state index contributed by atoms with van der Waals surface area (Å²) in [5.74, 6) is 0.345. The van der Waals surface area contributed by atoms with Gasteiger partial charge in [0.1, 0.15) is 18.9 Å². The van der Waals surface area contributed by atoms with Crippen molar-refractivity contribution in [3.8, 4) is 11.5 Å². The number of anilines is 2. The zero-order chi connectivity index (χ0) is 24.0. The maximum absolute atomic E-state index is 13.8. The van der Waals surface area contributed by atoms with E-state index >= 15 is 0 Å². The quantitative estimate of drug-likeness (QED) is 0.557. The molecule has 0 unspecified atom stereocenters. The van der Waals surface area contributed by atoms with Crippen molar-refractivity contribution in [3.63, 3.8) is 0 Å². The van der Waals surface area contributed by atoms with E-state index < -0.39 is 5.91 Å². The van der Waals surface area contributed by atoms with Crippen LogP contribution < -0.4 is 19.7 Å². The number of rotatable bonds is 4. The van der Waals surface area contributed by atoms with Crippen molar-refractivity contribution in [2.75, 3.05) is 23.4 Å². The average Bonchev–Trinajstić information content (AvgIpc) is 3.05. The number of imide groups is 1. The molecule has 0 radical (unpaired) electrons. The molecular formula is C28H26N2O4. The molecule has 2 aliphatic heterocycles. The highest BCUT2D eigenvalue weighted by Crippen LogP contribution is 2.39. The molecule has 5 rings (SSSR count). The van der Waals surface area contributed by atoms with Crippen LogP contribution in [0.25, 0.3) is 5.57 Å². The number of hydrogen-bond acceptors (Lipinski definition) is 5. The standard InChI is InChI=1S/C28H26N2O4/c1-16-6-9-21(19(4)13-16)25-26(29-22-14-17(2)5-7-18(22)3)28(32)30(27(25)31)20-8-10-23-24(15-20)34-12-11-33-23/h5-10,13-15,29H,11-12H2,1-4H3. The van der Waals surface area contributed by atoms with Crippen LogP contribution in [0.1, 0.15) is 27.8 Å². The highest BCUT2D eigenvalue weighted by atomic mass is 16.6. The first-order valence-electron chi connectivity index (χ1n) is 11.3. The van der Waals surface area contributed by atoms with Gasteiger partial charge in [-0.05, 0) is 68.1 Å². The summed E-state index contributed by atoms with van der Waals surface area (Å²) in [6, 6.07) is 17.0. The number of carbonyl (C=O) groups is 2. The second-order valence-electron chi connectivity index (χ2n) is 8.79. The summed E-state index contributed by atoms with van der Waals surface area (Å²) in [5.41, 5.74) is 6.66. The van der Waals surface area contributed by atoms with Crippen LogP contribution in [0.2, 0.25) is 0 Å². The number of ether oxygens (including phenoxy) is 2. The first-order chi connectivity index (χ1) is 16.3. The Morgan fingerprint density at radius 2 is 1.44 bits per heavy atom. The second-order valence-corrected chi connectivity index (χ2v) is 8.79. The summed E-state index contributed by atoms with van der Waals surface area (Å²) in [5, 5.41) is 3.29. The van der Waals surface area contributed by atoms with Gasteiger partial charge < -0.3 is 14.8 Å². The normalized spacial score (nSPS) is 15.2. The van der Waals surface area contributed by atoms with Crippen molar-refractivity contribution in [3.05, 3.63) is 88.1 Å². The topological polar surface area (TPSA) is 67.9 Å². The Labute approximate surface area is 198 Å². The third-order valence-corrected chi connectivity index (χ3v) is 6.17. The number of fused-ring (bicyclic) bond motifs is 1. The molecule has 6 heteroatoms. The lowest BCUT2D eigenvalue weighted by Crippen LogP contribution is -2.32. The van der Waals surface area contributed by atoms with Crippen LogP contribution >= 0.6 is 0 Å². The van der Waals surface area contributed by atoms with Crippen LogP contribution in [0.4, 0.5) is 11.4 Å². The minimum absolute atomic E-state index is 0.264. The zero-order valence-electron chi connectivity index (χ0n) is 19.7. The van der Waals surface area contributed by atoms with Crippen molar-refractivity contribution in [2.24, 2.45) is 0 Å². The van der Waals surface area contributed by atoms with Gasteiger partial charge in [0, 0.05) is 11.8 Å². The van der Waals surface area contributed by atoms with Gasteiger partial charge in [-0.1, -0.05) is 35.9 Å². The average molecular weight is 455 g/mol. The predicted octanol–water partition coefficient (Wildman–Crippen LogP) is 5.09. The van der Waals surface area contributed by atoms with E-state index in [0.717, 1.165) is 33.5 Å². The Morgan fingerprint density at radius 3 is 2.21 bits per heavy atom. The fourth-order valence-electron chi connectivity index (χ4n) is 4.40. The Hall–Kier alpha value is -4.06. The first kappa shape index (κ1) is 21.8. The summed E-state index contributed by atoms with van der Waals surface area (Å²) in [7, 11) is 0. The molecule has 2 amide bonds. The van der Waals surface area contributed by atoms with Gasteiger partial charge in [0.25, 0.3) is 11.8 Å². The van der Waals surface area contributed by atoms with E-state index in [1.807, 2.05) is 64.1 Å². The molecule has 0 spiro atoms. The maximum atomic E-state index is 13.8. The summed E-state index contributed by atoms with van der Waals surface area (Å²) in [6.07, 6.45) is 0. The van der Waals surface area contributed by atoms with Gasteiger partial charge in [-0.25, -0.2) is 4.90 Å². The number of nitrogens with one attached hydrogen (secondary N) is 1. The van der Waals surface area contributed by atoms with E-state index in [-0.39, 0.29) is 11.6 Å². The van der Waals surface area contributed by atoms with Gasteiger partial charge >= 0.3 is 0 Å². The Balaban J connectivity index is 1.63. The molecule has 0 aliphatic carbocycles. The van der Waals surface area contributed by atoms with Crippen LogP contribution in [0, 0.1) is 27.7 Å². The van der Waals surface area contributed by atoms with E-state index in [9.17, 15) is 9.59 Å². The lowest BCUT2D eigenvalue weighted by molar-refractivity contribution is -0.120. The number of benzene rings is 3. The van der Waals surface area contributed by atoms with Crippen LogP contribution in [-0.4, -0.2) is 25.0 Å². The Morgan fingerprint density at radius 1 is 0.735 bits per heavy atom. The molecule has 0 aromatic heterocycles. The SMILES string of the molecule is Cc1ccc(C2=C(Nc3cc(C)ccc3C)C(=O)N(c3ccc4c(c3)OCCO4)C2=O)c(C)c1. The van der Waals surface area contributed by atoms with E-state index in [4.69, 9.17) is 9.47 Å². The molecule has 2 heterocycles. The predicted molar refractivity (Wildman–Crippen MR) is 132 cm³/mol. The lowest BCUT2D eigenvalue weighted by Gasteiger charge is -2.21. The molecule has 6 nitrogen and oxygen atoms in total. The number of amides is 2. The zero-order valence-corrected chi connectivity index (χ0v) is 19.7. The smallest absolute Gasteiger partial charge is 0.282 e. The van der Waals surface area contributed by atoms with Gasteiger partial charge in [0.15, 0.2) is 11.5 Å². The molecule has 0 fully saturated rings. The molecule has 0 atom stereocenters. The molecule has 172 valence electrons. The summed E-state index contributed by atoms with van der Waals surface area (Å²) in [4.78, 5) is 28.8. The van der Waals surface area contributed by atoms with Gasteiger partial charge in [-0.2, -0.15) is 0 Å². The third-order valence-electron chi connectivity index (χ3n) is 6.17. The fourth-order valence-corrected chi connectivity index (χ4v) is 4.40. The maximum Gasteiger partial charge on any atom is 0.282 e. The monoisotopic (exact) mass is 454 g/mol. The van der Waals surface area contributed by atoms with E-state index in [0.29, 0.717) is 36.0 Å².